The molecule has 2 aliphatic rings. The molecule has 0 bridgehead atoms. The summed E-state index contributed by atoms with van der Waals surface area (Å²) in [5.41, 5.74) is 2.13. The fraction of sp³-hybridized carbons (Fsp3) is 0.0417. The number of carbonyl (C=O) groups excluding carboxylic acids is 1. The van der Waals surface area contributed by atoms with Crippen LogP contribution < -0.4 is 4.74 Å². The molecule has 3 heterocycles. The largest absolute Gasteiger partial charge is 0.487 e. The lowest BCUT2D eigenvalue weighted by atomic mass is 10.1. The maximum Gasteiger partial charge on any atom is 0.283 e. The second-order valence-electron chi connectivity index (χ2n) is 7.35. The molecule has 5 rings (SSSR count). The molecular weight excluding hydrogens is 529 g/mol. The van der Waals surface area contributed by atoms with Crippen LogP contribution in [0.25, 0.3) is 6.08 Å². The van der Waals surface area contributed by atoms with Crippen LogP contribution in [0.5, 0.6) is 5.75 Å². The molecule has 1 N–H and O–H groups in total. The number of hydrazone groups is 1. The molecule has 7 nitrogen and oxygen atoms in total. The van der Waals surface area contributed by atoms with Crippen LogP contribution in [-0.4, -0.2) is 31.9 Å². The minimum Gasteiger partial charge on any atom is -0.487 e. The van der Waals surface area contributed by atoms with Crippen molar-refractivity contribution in [2.75, 3.05) is 0 Å². The first kappa shape index (κ1) is 23.6. The number of nitrogens with zero attached hydrogens (tertiary/aromatic N) is 4. The van der Waals surface area contributed by atoms with Crippen molar-refractivity contribution in [1.29, 1.82) is 5.41 Å². The molecule has 2 aromatic carbocycles. The van der Waals surface area contributed by atoms with Crippen LogP contribution in [0.2, 0.25) is 15.1 Å². The number of amides is 1. The van der Waals surface area contributed by atoms with Crippen molar-refractivity contribution >= 4 is 74.6 Å². The van der Waals surface area contributed by atoms with Gasteiger partial charge in [-0.2, -0.15) is 15.1 Å². The summed E-state index contributed by atoms with van der Waals surface area (Å²) in [7, 11) is 0. The summed E-state index contributed by atoms with van der Waals surface area (Å²) in [5, 5.41) is 16.6. The van der Waals surface area contributed by atoms with Crippen molar-refractivity contribution in [1.82, 2.24) is 9.99 Å². The molecule has 3 aromatic rings. The van der Waals surface area contributed by atoms with Gasteiger partial charge in [0.1, 0.15) is 17.4 Å². The summed E-state index contributed by atoms with van der Waals surface area (Å²) in [6.07, 6.45) is 4.88. The predicted molar refractivity (Wildman–Crippen MR) is 141 cm³/mol. The number of rotatable bonds is 5. The number of pyridine rings is 1. The molecule has 0 spiro atoms. The molecule has 0 aliphatic carbocycles. The summed E-state index contributed by atoms with van der Waals surface area (Å²) < 4.78 is 5.80. The van der Waals surface area contributed by atoms with Crippen LogP contribution in [0.1, 0.15) is 16.7 Å². The Morgan fingerprint density at radius 2 is 1.86 bits per heavy atom. The topological polar surface area (TPSA) is 91.0 Å². The summed E-state index contributed by atoms with van der Waals surface area (Å²) in [6.45, 7) is 0.142. The summed E-state index contributed by atoms with van der Waals surface area (Å²) in [5.74, 6) is -0.172. The van der Waals surface area contributed by atoms with Gasteiger partial charge in [0.2, 0.25) is 5.17 Å². The van der Waals surface area contributed by atoms with Crippen molar-refractivity contribution in [2.24, 2.45) is 10.1 Å². The molecule has 0 saturated heterocycles. The van der Waals surface area contributed by atoms with E-state index in [2.05, 4.69) is 15.1 Å². The van der Waals surface area contributed by atoms with Gasteiger partial charge >= 0.3 is 0 Å². The molecule has 35 heavy (non-hydrogen) atoms. The highest BCUT2D eigenvalue weighted by molar-refractivity contribution is 8.27. The van der Waals surface area contributed by atoms with Gasteiger partial charge in [-0.15, -0.1) is 0 Å². The Morgan fingerprint density at radius 1 is 1.06 bits per heavy atom. The van der Waals surface area contributed by atoms with Crippen molar-refractivity contribution in [3.8, 4) is 5.75 Å². The van der Waals surface area contributed by atoms with Crippen LogP contribution in [0.3, 0.4) is 0 Å². The molecule has 11 heteroatoms. The smallest absolute Gasteiger partial charge is 0.283 e. The standard InChI is InChI=1S/C24H14Cl3N5O2S/c25-17-4-1-5-18(26)16(17)12-34-20-7-6-13(10-19(20)27)9-15-21(28)32-24(30-22(15)33)35-23(31-32)14-3-2-8-29-11-14/h1-11,28H,12H2/b15-9-,28-21?. The number of amidine groups is 2. The predicted octanol–water partition coefficient (Wildman–Crippen LogP) is 6.29. The first-order chi connectivity index (χ1) is 16.9. The number of aromatic nitrogens is 1. The van der Waals surface area contributed by atoms with Gasteiger partial charge in [-0.3, -0.25) is 15.2 Å². The number of thioether (sulfide) groups is 1. The van der Waals surface area contributed by atoms with Gasteiger partial charge in [-0.1, -0.05) is 46.9 Å². The molecule has 0 saturated carbocycles. The van der Waals surface area contributed by atoms with Gasteiger partial charge in [0, 0.05) is 33.6 Å². The van der Waals surface area contributed by atoms with Crippen LogP contribution >= 0.6 is 46.6 Å². The Morgan fingerprint density at radius 3 is 2.57 bits per heavy atom. The maximum atomic E-state index is 12.7. The summed E-state index contributed by atoms with van der Waals surface area (Å²) in [4.78, 5) is 20.9. The van der Waals surface area contributed by atoms with Crippen LogP contribution in [-0.2, 0) is 11.4 Å². The van der Waals surface area contributed by atoms with Gasteiger partial charge in [-0.05, 0) is 59.8 Å². The number of benzene rings is 2. The van der Waals surface area contributed by atoms with E-state index in [0.29, 0.717) is 42.2 Å². The highest BCUT2D eigenvalue weighted by Gasteiger charge is 2.36. The molecule has 0 atom stereocenters. The monoisotopic (exact) mass is 541 g/mol. The van der Waals surface area contributed by atoms with E-state index in [0.717, 1.165) is 5.56 Å². The molecule has 1 amide bonds. The van der Waals surface area contributed by atoms with E-state index in [1.165, 1.54) is 16.8 Å². The number of halogens is 3. The lowest BCUT2D eigenvalue weighted by Crippen LogP contribution is -2.35. The second kappa shape index (κ2) is 9.83. The van der Waals surface area contributed by atoms with Gasteiger partial charge in [0.25, 0.3) is 5.91 Å². The zero-order chi connectivity index (χ0) is 24.5. The molecular formula is C24H14Cl3N5O2S. The first-order valence-corrected chi connectivity index (χ1v) is 12.1. The molecule has 0 unspecified atom stereocenters. The van der Waals surface area contributed by atoms with E-state index < -0.39 is 5.91 Å². The summed E-state index contributed by atoms with van der Waals surface area (Å²) >= 11 is 20.0. The highest BCUT2D eigenvalue weighted by atomic mass is 35.5. The maximum absolute atomic E-state index is 12.7. The van der Waals surface area contributed by atoms with Gasteiger partial charge in [0.15, 0.2) is 5.84 Å². The zero-order valence-corrected chi connectivity index (χ0v) is 20.8. The van der Waals surface area contributed by atoms with E-state index >= 15 is 0 Å². The Bertz CT molecular complexity index is 1440. The van der Waals surface area contributed by atoms with E-state index in [1.807, 2.05) is 6.07 Å². The lowest BCUT2D eigenvalue weighted by molar-refractivity contribution is -0.114. The fourth-order valence-electron chi connectivity index (χ4n) is 3.31. The van der Waals surface area contributed by atoms with Crippen molar-refractivity contribution < 1.29 is 9.53 Å². The first-order valence-electron chi connectivity index (χ1n) is 10.2. The molecule has 0 radical (unpaired) electrons. The van der Waals surface area contributed by atoms with E-state index in [9.17, 15) is 4.79 Å². The van der Waals surface area contributed by atoms with Crippen molar-refractivity contribution in [2.45, 2.75) is 6.61 Å². The Kier molecular flexibility index (Phi) is 6.62. The Balaban J connectivity index is 1.36. The fourth-order valence-corrected chi connectivity index (χ4v) is 4.94. The number of carbonyl (C=O) groups is 1. The van der Waals surface area contributed by atoms with Gasteiger partial charge < -0.3 is 4.74 Å². The number of ether oxygens (including phenoxy) is 1. The molecule has 174 valence electrons. The number of fused-ring (bicyclic) bond motifs is 1. The quantitative estimate of drug-likeness (QED) is 0.383. The van der Waals surface area contributed by atoms with Crippen LogP contribution in [0.4, 0.5) is 0 Å². The minimum atomic E-state index is -0.527. The number of nitrogens with one attached hydrogen (secondary N) is 1. The third-order valence-corrected chi connectivity index (χ3v) is 7.02. The number of hydrogen-bond donors (Lipinski definition) is 1. The van der Waals surface area contributed by atoms with Gasteiger partial charge in [0.05, 0.1) is 10.6 Å². The van der Waals surface area contributed by atoms with E-state index in [4.69, 9.17) is 44.9 Å². The zero-order valence-electron chi connectivity index (χ0n) is 17.7. The normalized spacial score (nSPS) is 16.3. The minimum absolute atomic E-state index is 0.0730. The average Bonchev–Trinajstić information content (AvgIpc) is 3.27. The van der Waals surface area contributed by atoms with E-state index in [1.54, 1.807) is 60.9 Å². The van der Waals surface area contributed by atoms with Crippen LogP contribution in [0.15, 0.2) is 76.6 Å². The van der Waals surface area contributed by atoms with Gasteiger partial charge in [-0.25, -0.2) is 0 Å². The lowest BCUT2D eigenvalue weighted by Gasteiger charge is -2.20. The second-order valence-corrected chi connectivity index (χ2v) is 9.52. The summed E-state index contributed by atoms with van der Waals surface area (Å²) in [6, 6.07) is 13.9. The highest BCUT2D eigenvalue weighted by Crippen LogP contribution is 2.33. The third-order valence-electron chi connectivity index (χ3n) is 5.06. The van der Waals surface area contributed by atoms with Crippen LogP contribution in [0, 0.1) is 5.41 Å². The van der Waals surface area contributed by atoms with E-state index in [-0.39, 0.29) is 18.0 Å². The van der Waals surface area contributed by atoms with Crippen molar-refractivity contribution in [3.05, 3.63) is 98.3 Å². The average molecular weight is 543 g/mol. The Labute approximate surface area is 219 Å². The number of hydrogen-bond acceptors (Lipinski definition) is 6. The number of aliphatic imine (C=N–C) groups is 1. The Hall–Kier alpha value is -3.17. The molecule has 0 fully saturated rings. The SMILES string of the molecule is N=C1/C(=C/c2ccc(OCc3c(Cl)cccc3Cl)c(Cl)c2)C(=O)N=C2SC(c3cccnc3)=NN12. The molecule has 1 aromatic heterocycles. The molecule has 2 aliphatic heterocycles. The van der Waals surface area contributed by atoms with Crippen molar-refractivity contribution in [3.63, 3.8) is 0 Å². The third kappa shape index (κ3) is 4.83.